The summed E-state index contributed by atoms with van der Waals surface area (Å²) in [5, 5.41) is 11.1. The number of fused-ring (bicyclic) bond motifs is 1. The second-order valence-electron chi connectivity index (χ2n) is 5.26. The van der Waals surface area contributed by atoms with Gasteiger partial charge in [-0.15, -0.1) is 22.0 Å². The third-order valence-corrected chi connectivity index (χ3v) is 6.66. The summed E-state index contributed by atoms with van der Waals surface area (Å²) in [4.78, 5) is 5.07. The van der Waals surface area contributed by atoms with Crippen LogP contribution in [0, 0.1) is 0 Å². The van der Waals surface area contributed by atoms with E-state index in [0.29, 0.717) is 11.1 Å². The largest absolute Gasteiger partial charge is 0.297 e. The van der Waals surface area contributed by atoms with E-state index in [1.165, 1.54) is 0 Å². The topological polar surface area (TPSA) is 43.6 Å². The second kappa shape index (κ2) is 6.96. The van der Waals surface area contributed by atoms with Crippen LogP contribution < -0.4 is 0 Å². The zero-order valence-corrected chi connectivity index (χ0v) is 15.5. The van der Waals surface area contributed by atoms with Crippen LogP contribution in [-0.2, 0) is 0 Å². The van der Waals surface area contributed by atoms with Crippen LogP contribution in [-0.4, -0.2) is 31.3 Å². The van der Waals surface area contributed by atoms with Crippen molar-refractivity contribution in [1.82, 2.24) is 19.7 Å². The van der Waals surface area contributed by atoms with Gasteiger partial charge in [-0.3, -0.25) is 9.55 Å². The zero-order chi connectivity index (χ0) is 16.5. The molecular formula is C16H12Cl2N4S2. The maximum absolute atomic E-state index is 6.26. The summed E-state index contributed by atoms with van der Waals surface area (Å²) >= 11 is 15.8. The Hall–Kier alpha value is -1.21. The molecule has 24 heavy (non-hydrogen) atoms. The predicted molar refractivity (Wildman–Crippen MR) is 100 cm³/mol. The summed E-state index contributed by atoms with van der Waals surface area (Å²) in [5.74, 6) is 2.75. The summed E-state index contributed by atoms with van der Waals surface area (Å²) in [6, 6.07) is 9.77. The minimum atomic E-state index is 0.309. The van der Waals surface area contributed by atoms with Crippen molar-refractivity contribution in [3.8, 4) is 11.4 Å². The smallest absolute Gasteiger partial charge is 0.191 e. The van der Waals surface area contributed by atoms with E-state index in [9.17, 15) is 0 Å². The van der Waals surface area contributed by atoms with Gasteiger partial charge in [0.2, 0.25) is 0 Å². The van der Waals surface area contributed by atoms with Gasteiger partial charge < -0.3 is 0 Å². The van der Waals surface area contributed by atoms with Gasteiger partial charge in [-0.25, -0.2) is 0 Å². The first-order valence-electron chi connectivity index (χ1n) is 7.28. The molecule has 0 radical (unpaired) electrons. The van der Waals surface area contributed by atoms with Crippen molar-refractivity contribution < 1.29 is 0 Å². The van der Waals surface area contributed by atoms with Crippen molar-refractivity contribution in [2.75, 3.05) is 11.5 Å². The predicted octanol–water partition coefficient (Wildman–Crippen LogP) is 5.09. The Morgan fingerprint density at radius 2 is 2.00 bits per heavy atom. The van der Waals surface area contributed by atoms with E-state index in [-0.39, 0.29) is 0 Å². The Morgan fingerprint density at radius 3 is 2.83 bits per heavy atom. The molecule has 0 saturated heterocycles. The lowest BCUT2D eigenvalue weighted by atomic mass is 10.2. The molecule has 0 N–H and O–H groups in total. The van der Waals surface area contributed by atoms with Crippen LogP contribution in [0.5, 0.6) is 0 Å². The highest BCUT2D eigenvalue weighted by atomic mass is 35.5. The molecule has 3 aromatic rings. The van der Waals surface area contributed by atoms with E-state index in [1.54, 1.807) is 42.0 Å². The van der Waals surface area contributed by atoms with E-state index in [1.807, 2.05) is 24.3 Å². The van der Waals surface area contributed by atoms with Crippen LogP contribution in [0.3, 0.4) is 0 Å². The van der Waals surface area contributed by atoms with Gasteiger partial charge in [-0.1, -0.05) is 35.0 Å². The number of hydrogen-bond donors (Lipinski definition) is 0. The maximum atomic E-state index is 6.26. The van der Waals surface area contributed by atoms with Crippen LogP contribution in [0.4, 0.5) is 0 Å². The number of pyridine rings is 1. The lowest BCUT2D eigenvalue weighted by molar-refractivity contribution is 0.597. The fraction of sp³-hybridized carbons (Fsp3) is 0.188. The molecule has 1 atom stereocenters. The number of aromatic nitrogens is 4. The average Bonchev–Trinajstić information content (AvgIpc) is 3.19. The quantitative estimate of drug-likeness (QED) is 0.576. The lowest BCUT2D eigenvalue weighted by Crippen LogP contribution is -2.11. The highest BCUT2D eigenvalue weighted by Crippen LogP contribution is 2.40. The van der Waals surface area contributed by atoms with E-state index in [2.05, 4.69) is 19.7 Å². The first-order valence-corrected chi connectivity index (χ1v) is 10.0. The molecule has 0 saturated carbocycles. The van der Waals surface area contributed by atoms with Crippen molar-refractivity contribution in [3.05, 3.63) is 52.8 Å². The molecule has 8 heteroatoms. The van der Waals surface area contributed by atoms with Crippen LogP contribution in [0.2, 0.25) is 10.0 Å². The first-order chi connectivity index (χ1) is 11.7. The van der Waals surface area contributed by atoms with E-state index < -0.39 is 0 Å². The minimum absolute atomic E-state index is 0.309. The molecule has 4 rings (SSSR count). The monoisotopic (exact) mass is 394 g/mol. The van der Waals surface area contributed by atoms with E-state index in [0.717, 1.165) is 38.0 Å². The Bertz CT molecular complexity index is 870. The van der Waals surface area contributed by atoms with Crippen LogP contribution in [0.15, 0.2) is 52.8 Å². The summed E-state index contributed by atoms with van der Waals surface area (Å²) in [6.07, 6.45) is 3.54. The zero-order valence-electron chi connectivity index (χ0n) is 12.4. The van der Waals surface area contributed by atoms with Gasteiger partial charge in [0.15, 0.2) is 11.0 Å². The molecule has 3 heterocycles. The first kappa shape index (κ1) is 16.3. The van der Waals surface area contributed by atoms with Gasteiger partial charge in [0.05, 0.1) is 11.1 Å². The standard InChI is InChI=1S/C16H12Cl2N4S2/c17-11-1-2-13(18)14(7-11)23-8-12-9-24-16-21-20-15(22(12)16)10-3-5-19-6-4-10/h1-7,12H,8-9H2/t12-/m0/s1. The van der Waals surface area contributed by atoms with Crippen molar-refractivity contribution in [2.45, 2.75) is 16.1 Å². The Balaban J connectivity index is 1.58. The third kappa shape index (κ3) is 3.16. The van der Waals surface area contributed by atoms with Gasteiger partial charge in [0.25, 0.3) is 0 Å². The molecular weight excluding hydrogens is 383 g/mol. The molecule has 1 aliphatic rings. The molecule has 122 valence electrons. The molecule has 1 aromatic carbocycles. The molecule has 4 nitrogen and oxygen atoms in total. The second-order valence-corrected chi connectivity index (χ2v) is 8.16. The Morgan fingerprint density at radius 1 is 1.17 bits per heavy atom. The van der Waals surface area contributed by atoms with Gasteiger partial charge in [0.1, 0.15) is 0 Å². The third-order valence-electron chi connectivity index (χ3n) is 3.70. The van der Waals surface area contributed by atoms with Gasteiger partial charge in [-0.2, -0.15) is 0 Å². The van der Waals surface area contributed by atoms with Crippen molar-refractivity contribution in [2.24, 2.45) is 0 Å². The molecule has 0 unspecified atom stereocenters. The van der Waals surface area contributed by atoms with Gasteiger partial charge >= 0.3 is 0 Å². The molecule has 0 fully saturated rings. The molecule has 0 amide bonds. The molecule has 0 aliphatic carbocycles. The average molecular weight is 395 g/mol. The van der Waals surface area contributed by atoms with E-state index in [4.69, 9.17) is 23.2 Å². The van der Waals surface area contributed by atoms with Crippen LogP contribution in [0.25, 0.3) is 11.4 Å². The SMILES string of the molecule is Clc1ccc(Cl)c(SC[C@H]2CSc3nnc(-c4ccncc4)n32)c1. The molecule has 2 aromatic heterocycles. The maximum Gasteiger partial charge on any atom is 0.191 e. The fourth-order valence-electron chi connectivity index (χ4n) is 2.54. The number of hydrogen-bond acceptors (Lipinski definition) is 5. The Labute approximate surface area is 158 Å². The van der Waals surface area contributed by atoms with Crippen LogP contribution in [0.1, 0.15) is 6.04 Å². The van der Waals surface area contributed by atoms with Crippen molar-refractivity contribution in [3.63, 3.8) is 0 Å². The number of thioether (sulfide) groups is 2. The normalized spacial score (nSPS) is 16.3. The number of rotatable bonds is 4. The summed E-state index contributed by atoms with van der Waals surface area (Å²) in [6.45, 7) is 0. The van der Waals surface area contributed by atoms with Crippen molar-refractivity contribution >= 4 is 46.7 Å². The fourth-order valence-corrected chi connectivity index (χ4v) is 5.35. The molecule has 0 bridgehead atoms. The lowest BCUT2D eigenvalue weighted by Gasteiger charge is -2.14. The highest BCUT2D eigenvalue weighted by Gasteiger charge is 2.28. The number of halogens is 2. The highest BCUT2D eigenvalue weighted by molar-refractivity contribution is 8.00. The van der Waals surface area contributed by atoms with Crippen molar-refractivity contribution in [1.29, 1.82) is 0 Å². The number of nitrogens with zero attached hydrogens (tertiary/aromatic N) is 4. The number of benzene rings is 1. The summed E-state index contributed by atoms with van der Waals surface area (Å²) < 4.78 is 2.21. The Kier molecular flexibility index (Phi) is 4.72. The summed E-state index contributed by atoms with van der Waals surface area (Å²) in [7, 11) is 0. The van der Waals surface area contributed by atoms with Gasteiger partial charge in [0, 0.05) is 39.4 Å². The van der Waals surface area contributed by atoms with Gasteiger partial charge in [-0.05, 0) is 30.3 Å². The molecule has 0 spiro atoms. The van der Waals surface area contributed by atoms with E-state index >= 15 is 0 Å². The van der Waals surface area contributed by atoms with Crippen LogP contribution >= 0.6 is 46.7 Å². The molecule has 1 aliphatic heterocycles. The summed E-state index contributed by atoms with van der Waals surface area (Å²) in [5.41, 5.74) is 1.03. The minimum Gasteiger partial charge on any atom is -0.297 e.